The molecule has 0 amide bonds. The highest BCUT2D eigenvalue weighted by Gasteiger charge is 2.53. The van der Waals surface area contributed by atoms with E-state index in [4.69, 9.17) is 28.4 Å². The molecule has 0 aromatic carbocycles. The van der Waals surface area contributed by atoms with E-state index in [2.05, 4.69) is 6.58 Å². The highest BCUT2D eigenvalue weighted by molar-refractivity contribution is 5.73. The predicted molar refractivity (Wildman–Crippen MR) is 190 cm³/mol. The molecule has 13 nitrogen and oxygen atoms in total. The Morgan fingerprint density at radius 3 is 2.08 bits per heavy atom. The minimum Gasteiger partial charge on any atom is -0.459 e. The number of nitrogens with zero attached hydrogens (tertiary/aromatic N) is 1. The molecule has 13 heteroatoms. The molecule has 0 aliphatic carbocycles. The highest BCUT2D eigenvalue weighted by Crippen LogP contribution is 2.42. The van der Waals surface area contributed by atoms with Crippen molar-refractivity contribution in [3.8, 4) is 0 Å². The summed E-state index contributed by atoms with van der Waals surface area (Å²) < 4.78 is 37.4. The van der Waals surface area contributed by atoms with Crippen molar-refractivity contribution in [2.24, 2.45) is 23.7 Å². The Kier molecular flexibility index (Phi) is 14.8. The smallest absolute Gasteiger partial charge is 0.311 e. The maximum absolute atomic E-state index is 14.1. The van der Waals surface area contributed by atoms with E-state index in [1.165, 1.54) is 14.0 Å². The molecule has 5 N–H and O–H groups in total. The summed E-state index contributed by atoms with van der Waals surface area (Å²) in [5.41, 5.74) is -3.90. The molecule has 51 heavy (non-hydrogen) atoms. The van der Waals surface area contributed by atoms with Gasteiger partial charge >= 0.3 is 5.97 Å². The van der Waals surface area contributed by atoms with Crippen LogP contribution >= 0.6 is 0 Å². The standard InChI is InChI=1S/C38H69NO12/c1-15-27-38(11,45)31(41)22(5)21(4)19(2)17-36(9,44)33(51-35-29(40)26(39(12)13)16-20(3)47-35)23(6)30(24(7)34(43)49-27)50-28-18-37(10,46-14)32(42)25(8)48-28/h19-20,22-33,35,40-42,44-45H,4,15-18H2,1-3,5-14H3/t19-,20-,22+,23+,24-,25+,26+,27-,28+,29-,30+,31-,32+,33-,35+,36+,37-,38-/m1/s1. The minimum atomic E-state index is -1.83. The molecular weight excluding hydrogens is 662 g/mol. The molecular formula is C38H69NO12. The van der Waals surface area contributed by atoms with E-state index >= 15 is 0 Å². The van der Waals surface area contributed by atoms with Crippen molar-refractivity contribution >= 4 is 5.97 Å². The molecule has 3 saturated heterocycles. The van der Waals surface area contributed by atoms with E-state index < -0.39 is 95.8 Å². The maximum Gasteiger partial charge on any atom is 0.311 e. The summed E-state index contributed by atoms with van der Waals surface area (Å²) in [5.74, 6) is -3.48. The van der Waals surface area contributed by atoms with Crippen molar-refractivity contribution in [2.75, 3.05) is 21.2 Å². The Labute approximate surface area is 305 Å². The summed E-state index contributed by atoms with van der Waals surface area (Å²) in [5, 5.41) is 58.1. The number of ether oxygens (including phenoxy) is 6. The normalized spacial score (nSPS) is 49.7. The molecule has 0 aromatic rings. The van der Waals surface area contributed by atoms with Crippen LogP contribution in [0.5, 0.6) is 0 Å². The number of likely N-dealkylation sites (N-methyl/N-ethyl adjacent to an activating group) is 1. The van der Waals surface area contributed by atoms with Gasteiger partial charge in [-0.25, -0.2) is 0 Å². The zero-order chi connectivity index (χ0) is 39.0. The fourth-order valence-electron chi connectivity index (χ4n) is 8.49. The number of rotatable bonds is 7. The van der Waals surface area contributed by atoms with E-state index in [9.17, 15) is 30.3 Å². The fraction of sp³-hybridized carbons (Fsp3) is 0.921. The van der Waals surface area contributed by atoms with Gasteiger partial charge in [0.2, 0.25) is 0 Å². The molecule has 3 aliphatic rings. The molecule has 0 unspecified atom stereocenters. The quantitative estimate of drug-likeness (QED) is 0.191. The van der Waals surface area contributed by atoms with E-state index in [0.29, 0.717) is 12.0 Å². The van der Waals surface area contributed by atoms with Gasteiger partial charge < -0.3 is 58.9 Å². The van der Waals surface area contributed by atoms with E-state index in [1.807, 2.05) is 32.8 Å². The Bertz CT molecular complexity index is 1170. The summed E-state index contributed by atoms with van der Waals surface area (Å²) in [7, 11) is 5.25. The van der Waals surface area contributed by atoms with Crippen LogP contribution in [0, 0.1) is 23.7 Å². The largest absolute Gasteiger partial charge is 0.459 e. The summed E-state index contributed by atoms with van der Waals surface area (Å²) in [6.45, 7) is 21.6. The zero-order valence-corrected chi connectivity index (χ0v) is 33.2. The van der Waals surface area contributed by atoms with E-state index in [1.54, 1.807) is 48.5 Å². The van der Waals surface area contributed by atoms with Gasteiger partial charge in [-0.3, -0.25) is 4.79 Å². The van der Waals surface area contributed by atoms with Crippen LogP contribution in [0.25, 0.3) is 0 Å². The highest BCUT2D eigenvalue weighted by atomic mass is 16.7. The number of carbonyl (C=O) groups is 1. The Morgan fingerprint density at radius 1 is 0.922 bits per heavy atom. The summed E-state index contributed by atoms with van der Waals surface area (Å²) >= 11 is 0. The predicted octanol–water partition coefficient (Wildman–Crippen LogP) is 2.77. The second-order valence-electron chi connectivity index (χ2n) is 16.6. The number of carbonyl (C=O) groups excluding carboxylic acids is 1. The second-order valence-corrected chi connectivity index (χ2v) is 16.6. The first kappa shape index (κ1) is 44.2. The van der Waals surface area contributed by atoms with Gasteiger partial charge in [-0.1, -0.05) is 39.8 Å². The first-order valence-corrected chi connectivity index (χ1v) is 18.6. The van der Waals surface area contributed by atoms with Gasteiger partial charge in [-0.05, 0) is 80.8 Å². The minimum absolute atomic E-state index is 0.114. The maximum atomic E-state index is 14.1. The van der Waals surface area contributed by atoms with Gasteiger partial charge in [0.15, 0.2) is 12.6 Å². The average Bonchev–Trinajstić information content (AvgIpc) is 3.05. The third-order valence-corrected chi connectivity index (χ3v) is 12.1. The number of hydrogen-bond acceptors (Lipinski definition) is 13. The van der Waals surface area contributed by atoms with Crippen LogP contribution in [0.1, 0.15) is 94.9 Å². The Hall–Kier alpha value is -1.23. The van der Waals surface area contributed by atoms with Crippen molar-refractivity contribution in [2.45, 2.75) is 179 Å². The first-order chi connectivity index (χ1) is 23.4. The zero-order valence-electron chi connectivity index (χ0n) is 33.2. The second kappa shape index (κ2) is 17.1. The summed E-state index contributed by atoms with van der Waals surface area (Å²) in [4.78, 5) is 16.0. The van der Waals surface area contributed by atoms with E-state index in [0.717, 1.165) is 0 Å². The third-order valence-electron chi connectivity index (χ3n) is 12.1. The van der Waals surface area contributed by atoms with Gasteiger partial charge in [0.25, 0.3) is 0 Å². The van der Waals surface area contributed by atoms with Crippen molar-refractivity contribution < 1.29 is 58.7 Å². The van der Waals surface area contributed by atoms with Gasteiger partial charge in [0, 0.05) is 31.4 Å². The number of methoxy groups -OCH3 is 1. The molecule has 3 aliphatic heterocycles. The lowest BCUT2D eigenvalue weighted by Crippen LogP contribution is -2.61. The monoisotopic (exact) mass is 731 g/mol. The molecule has 18 atom stereocenters. The molecule has 0 radical (unpaired) electrons. The van der Waals surface area contributed by atoms with Gasteiger partial charge in [-0.2, -0.15) is 0 Å². The molecule has 3 heterocycles. The van der Waals surface area contributed by atoms with Crippen LogP contribution in [0.2, 0.25) is 0 Å². The van der Waals surface area contributed by atoms with Crippen LogP contribution in [0.3, 0.4) is 0 Å². The van der Waals surface area contributed by atoms with Gasteiger partial charge in [0.05, 0.1) is 47.6 Å². The van der Waals surface area contributed by atoms with Crippen molar-refractivity contribution in [3.63, 3.8) is 0 Å². The number of esters is 1. The summed E-state index contributed by atoms with van der Waals surface area (Å²) in [6.07, 6.45) is -8.53. The van der Waals surface area contributed by atoms with Crippen LogP contribution in [-0.4, -0.2) is 142 Å². The first-order valence-electron chi connectivity index (χ1n) is 18.6. The van der Waals surface area contributed by atoms with Crippen molar-refractivity contribution in [1.29, 1.82) is 0 Å². The molecule has 0 spiro atoms. The Balaban J connectivity index is 2.18. The van der Waals surface area contributed by atoms with Gasteiger partial charge in [0.1, 0.15) is 23.9 Å². The lowest BCUT2D eigenvalue weighted by molar-refractivity contribution is -0.318. The Morgan fingerprint density at radius 2 is 1.53 bits per heavy atom. The molecule has 0 bridgehead atoms. The molecule has 0 saturated carbocycles. The summed E-state index contributed by atoms with van der Waals surface area (Å²) in [6, 6.07) is -0.284. The van der Waals surface area contributed by atoms with Crippen LogP contribution in [0.15, 0.2) is 12.2 Å². The lowest BCUT2D eigenvalue weighted by atomic mass is 9.73. The molecule has 3 fully saturated rings. The SMILES string of the molecule is C=C1[C@H](C)C[C@](C)(O)[C@H](O[C@@H]2O[C@H](C)C[C@H](N(C)C)[C@H]2O)[C@@H](C)[C@H](O[C@H]2C[C@@](C)(OC)[C@@H](O)[C@H](C)O2)[C@@H](C)C(=O)O[C@H](CC)[C@@](C)(O)[C@H](O)[C@H]1C. The number of hydrogen-bond donors (Lipinski definition) is 5. The number of aliphatic hydroxyl groups excluding tert-OH is 3. The van der Waals surface area contributed by atoms with E-state index in [-0.39, 0.29) is 37.3 Å². The topological polar surface area (TPSA) is 177 Å². The van der Waals surface area contributed by atoms with Crippen molar-refractivity contribution in [3.05, 3.63) is 12.2 Å². The lowest BCUT2D eigenvalue weighted by Gasteiger charge is -2.49. The van der Waals surface area contributed by atoms with Crippen LogP contribution in [-0.2, 0) is 33.2 Å². The molecule has 0 aromatic heterocycles. The fourth-order valence-corrected chi connectivity index (χ4v) is 8.49. The van der Waals surface area contributed by atoms with Gasteiger partial charge in [-0.15, -0.1) is 0 Å². The van der Waals surface area contributed by atoms with Crippen LogP contribution < -0.4 is 0 Å². The molecule has 3 rings (SSSR count). The van der Waals surface area contributed by atoms with Crippen molar-refractivity contribution in [1.82, 2.24) is 4.90 Å². The molecule has 298 valence electrons. The average molecular weight is 732 g/mol. The van der Waals surface area contributed by atoms with Crippen LogP contribution in [0.4, 0.5) is 0 Å². The number of cyclic esters (lactones) is 1. The third kappa shape index (κ3) is 9.54. The number of aliphatic hydroxyl groups is 5.